The van der Waals surface area contributed by atoms with Crippen molar-refractivity contribution in [1.29, 1.82) is 0 Å². The van der Waals surface area contributed by atoms with Gasteiger partial charge in [-0.05, 0) is 12.8 Å². The van der Waals surface area contributed by atoms with E-state index in [-0.39, 0.29) is 43.4 Å². The zero-order valence-electron chi connectivity index (χ0n) is 20.3. The highest BCUT2D eigenvalue weighted by molar-refractivity contribution is 5.67. The van der Waals surface area contributed by atoms with E-state index < -0.39 is 17.9 Å². The summed E-state index contributed by atoms with van der Waals surface area (Å²) in [7, 11) is 0. The Labute approximate surface area is 194 Å². The van der Waals surface area contributed by atoms with Crippen LogP contribution in [-0.4, -0.2) is 58.8 Å². The maximum absolute atomic E-state index is 11.1. The summed E-state index contributed by atoms with van der Waals surface area (Å²) in [6.07, 6.45) is 17.0. The minimum atomic E-state index is -1.18. The molecule has 0 bridgehead atoms. The number of aliphatic carboxylic acids is 3. The Bertz CT molecular complexity index is 463. The van der Waals surface area contributed by atoms with Gasteiger partial charge in [-0.25, -0.2) is 0 Å². The number of carboxylic acid groups (broad SMARTS) is 3. The number of carbonyl (C=O) groups is 3. The molecular formula is C25H47NO6. The molecule has 0 aromatic heterocycles. The fourth-order valence-corrected chi connectivity index (χ4v) is 4.31. The summed E-state index contributed by atoms with van der Waals surface area (Å²) in [5.41, 5.74) is 0. The van der Waals surface area contributed by atoms with Crippen LogP contribution in [0, 0.1) is 0 Å². The zero-order chi connectivity index (χ0) is 24.1. The van der Waals surface area contributed by atoms with E-state index in [1.165, 1.54) is 70.6 Å². The number of carbonyl (C=O) groups excluding carboxylic acids is 1. The molecule has 0 aliphatic rings. The standard InChI is InChI=1S/C25H47NO6/c1-2-3-4-5-6-7-8-9-10-11-12-13-14-15-19-26(20-16-23(27)28,21-17-24(29)30)22-18-25(31)32/h2-22H2,1H3,(H2-,27,28,29,30,31,32). The van der Waals surface area contributed by atoms with Gasteiger partial charge >= 0.3 is 11.9 Å². The van der Waals surface area contributed by atoms with Crippen molar-refractivity contribution in [3.8, 4) is 0 Å². The Balaban J connectivity index is 4.15. The van der Waals surface area contributed by atoms with Crippen LogP contribution in [0.25, 0.3) is 0 Å². The number of unbranched alkanes of at least 4 members (excludes halogenated alkanes) is 13. The van der Waals surface area contributed by atoms with Crippen LogP contribution in [-0.2, 0) is 14.4 Å². The lowest BCUT2D eigenvalue weighted by atomic mass is 10.0. The van der Waals surface area contributed by atoms with Gasteiger partial charge in [-0.1, -0.05) is 84.0 Å². The number of nitrogens with zero attached hydrogens (tertiary/aromatic N) is 1. The average molecular weight is 458 g/mol. The first-order valence-electron chi connectivity index (χ1n) is 12.8. The Morgan fingerprint density at radius 1 is 0.562 bits per heavy atom. The second-order valence-electron chi connectivity index (χ2n) is 9.24. The van der Waals surface area contributed by atoms with Crippen molar-refractivity contribution >= 4 is 17.9 Å². The van der Waals surface area contributed by atoms with E-state index in [0.717, 1.165) is 19.3 Å². The third-order valence-electron chi connectivity index (χ3n) is 6.38. The molecule has 0 atom stereocenters. The minimum absolute atomic E-state index is 0.0920. The predicted molar refractivity (Wildman–Crippen MR) is 124 cm³/mol. The molecule has 0 aromatic carbocycles. The van der Waals surface area contributed by atoms with Crippen LogP contribution in [0.15, 0.2) is 0 Å². The third kappa shape index (κ3) is 19.1. The molecule has 0 fully saturated rings. The Morgan fingerprint density at radius 2 is 0.906 bits per heavy atom. The molecule has 0 aliphatic heterocycles. The largest absolute Gasteiger partial charge is 0.550 e. The van der Waals surface area contributed by atoms with Crippen molar-refractivity contribution in [3.05, 3.63) is 0 Å². The third-order valence-corrected chi connectivity index (χ3v) is 6.38. The molecule has 188 valence electrons. The van der Waals surface area contributed by atoms with Crippen LogP contribution in [0.1, 0.15) is 116 Å². The van der Waals surface area contributed by atoms with E-state index in [1.54, 1.807) is 0 Å². The van der Waals surface area contributed by atoms with Gasteiger partial charge < -0.3 is 24.6 Å². The van der Waals surface area contributed by atoms with E-state index in [2.05, 4.69) is 6.92 Å². The molecule has 0 aliphatic carbocycles. The smallest absolute Gasteiger partial charge is 0.309 e. The lowest BCUT2D eigenvalue weighted by Gasteiger charge is -2.38. The summed E-state index contributed by atoms with van der Waals surface area (Å²) in [6.45, 7) is 3.60. The maximum Gasteiger partial charge on any atom is 0.309 e. The fraction of sp³-hybridized carbons (Fsp3) is 0.880. The van der Waals surface area contributed by atoms with E-state index in [4.69, 9.17) is 10.2 Å². The first-order valence-corrected chi connectivity index (χ1v) is 12.8. The topological polar surface area (TPSA) is 115 Å². The van der Waals surface area contributed by atoms with Crippen LogP contribution >= 0.6 is 0 Å². The summed E-state index contributed by atoms with van der Waals surface area (Å²) in [6, 6.07) is 0. The first-order chi connectivity index (χ1) is 15.3. The Morgan fingerprint density at radius 3 is 1.25 bits per heavy atom. The maximum atomic E-state index is 11.1. The quantitative estimate of drug-likeness (QED) is 0.164. The molecule has 0 saturated heterocycles. The van der Waals surface area contributed by atoms with E-state index in [1.807, 2.05) is 0 Å². The monoisotopic (exact) mass is 457 g/mol. The number of rotatable bonds is 24. The van der Waals surface area contributed by atoms with E-state index in [9.17, 15) is 19.5 Å². The van der Waals surface area contributed by atoms with Crippen molar-refractivity contribution < 1.29 is 34.2 Å². The van der Waals surface area contributed by atoms with Crippen molar-refractivity contribution in [1.82, 2.24) is 0 Å². The molecule has 0 heterocycles. The van der Waals surface area contributed by atoms with Gasteiger partial charge in [-0.2, -0.15) is 0 Å². The lowest BCUT2D eigenvalue weighted by molar-refractivity contribution is -0.927. The number of carboxylic acids is 3. The highest BCUT2D eigenvalue weighted by atomic mass is 16.4. The van der Waals surface area contributed by atoms with Gasteiger partial charge in [0.25, 0.3) is 0 Å². The Hall–Kier alpha value is -1.63. The predicted octanol–water partition coefficient (Wildman–Crippen LogP) is 4.37. The van der Waals surface area contributed by atoms with Gasteiger partial charge in [-0.15, -0.1) is 0 Å². The molecule has 7 heteroatoms. The van der Waals surface area contributed by atoms with Crippen molar-refractivity contribution in [2.24, 2.45) is 0 Å². The van der Waals surface area contributed by atoms with Crippen LogP contribution in [0.5, 0.6) is 0 Å². The van der Waals surface area contributed by atoms with Crippen molar-refractivity contribution in [2.75, 3.05) is 26.2 Å². The normalized spacial score (nSPS) is 11.5. The van der Waals surface area contributed by atoms with Crippen LogP contribution in [0.4, 0.5) is 0 Å². The summed E-state index contributed by atoms with van der Waals surface area (Å²) in [5, 5.41) is 29.1. The summed E-state index contributed by atoms with van der Waals surface area (Å²) >= 11 is 0. The molecule has 0 rings (SSSR count). The van der Waals surface area contributed by atoms with Gasteiger partial charge in [-0.3, -0.25) is 9.59 Å². The second-order valence-corrected chi connectivity index (χ2v) is 9.24. The van der Waals surface area contributed by atoms with E-state index in [0.29, 0.717) is 6.54 Å². The molecule has 0 aromatic rings. The molecule has 0 spiro atoms. The van der Waals surface area contributed by atoms with E-state index >= 15 is 0 Å². The molecule has 0 radical (unpaired) electrons. The van der Waals surface area contributed by atoms with Crippen LogP contribution in [0.3, 0.4) is 0 Å². The molecule has 7 nitrogen and oxygen atoms in total. The molecule has 32 heavy (non-hydrogen) atoms. The van der Waals surface area contributed by atoms with Gasteiger partial charge in [0.05, 0.1) is 39.0 Å². The van der Waals surface area contributed by atoms with Gasteiger partial charge in [0.1, 0.15) is 0 Å². The molecular weight excluding hydrogens is 410 g/mol. The lowest BCUT2D eigenvalue weighted by Crippen LogP contribution is -2.53. The molecule has 0 unspecified atom stereocenters. The van der Waals surface area contributed by atoms with Crippen molar-refractivity contribution in [3.63, 3.8) is 0 Å². The zero-order valence-corrected chi connectivity index (χ0v) is 20.3. The summed E-state index contributed by atoms with van der Waals surface area (Å²) < 4.78 is 0.227. The van der Waals surface area contributed by atoms with Gasteiger partial charge in [0, 0.05) is 12.4 Å². The fourth-order valence-electron chi connectivity index (χ4n) is 4.31. The van der Waals surface area contributed by atoms with Gasteiger partial charge in [0.15, 0.2) is 0 Å². The second kappa shape index (κ2) is 20.0. The van der Waals surface area contributed by atoms with Gasteiger partial charge in [0.2, 0.25) is 0 Å². The SMILES string of the molecule is CCCCCCCCCCCCCCCC[N+](CCC(=O)[O-])(CCC(=O)O)CCC(=O)O. The molecule has 0 amide bonds. The van der Waals surface area contributed by atoms with Crippen LogP contribution in [0.2, 0.25) is 0 Å². The summed E-state index contributed by atoms with van der Waals surface area (Å²) in [5.74, 6) is -3.08. The number of hydrogen-bond acceptors (Lipinski definition) is 4. The number of hydrogen-bond donors (Lipinski definition) is 2. The van der Waals surface area contributed by atoms with Crippen molar-refractivity contribution in [2.45, 2.75) is 116 Å². The first kappa shape index (κ1) is 30.4. The molecule has 2 N–H and O–H groups in total. The number of quaternary nitrogens is 1. The summed E-state index contributed by atoms with van der Waals surface area (Å²) in [4.78, 5) is 33.1. The highest BCUT2D eigenvalue weighted by Crippen LogP contribution is 2.17. The minimum Gasteiger partial charge on any atom is -0.550 e. The highest BCUT2D eigenvalue weighted by Gasteiger charge is 2.28. The Kier molecular flexibility index (Phi) is 19.0. The average Bonchev–Trinajstić information content (AvgIpc) is 2.74. The molecule has 0 saturated carbocycles. The van der Waals surface area contributed by atoms with Crippen LogP contribution < -0.4 is 5.11 Å².